The lowest BCUT2D eigenvalue weighted by molar-refractivity contribution is 0.462. The summed E-state index contributed by atoms with van der Waals surface area (Å²) in [6.45, 7) is 4.41. The predicted octanol–water partition coefficient (Wildman–Crippen LogP) is 3.34. The third-order valence-corrected chi connectivity index (χ3v) is 3.37. The van der Waals surface area contributed by atoms with E-state index in [1.807, 2.05) is 0 Å². The Morgan fingerprint density at radius 1 is 1.18 bits per heavy atom. The second-order valence-corrected chi connectivity index (χ2v) is 4.84. The lowest BCUT2D eigenvalue weighted by Crippen LogP contribution is -2.36. The van der Waals surface area contributed by atoms with Crippen molar-refractivity contribution in [3.63, 3.8) is 0 Å². The number of nitrogens with one attached hydrogen (secondary N) is 1. The molecule has 0 heterocycles. The van der Waals surface area contributed by atoms with Crippen LogP contribution in [0.4, 0.5) is 0 Å². The van der Waals surface area contributed by atoms with Crippen molar-refractivity contribution in [3.05, 3.63) is 35.4 Å². The van der Waals surface area contributed by atoms with E-state index in [2.05, 4.69) is 43.5 Å². The number of aryl methyl sites for hydroxylation is 1. The lowest BCUT2D eigenvalue weighted by atomic mass is 9.97. The highest BCUT2D eigenvalue weighted by Crippen LogP contribution is 2.13. The molecule has 1 aromatic carbocycles. The molecule has 1 aromatic rings. The summed E-state index contributed by atoms with van der Waals surface area (Å²) in [6.07, 6.45) is 7.43. The minimum absolute atomic E-state index is 0.410. The average Bonchev–Trinajstić information content (AvgIpc) is 2.35. The molecule has 0 radical (unpaired) electrons. The van der Waals surface area contributed by atoms with Gasteiger partial charge in [0.15, 0.2) is 0 Å². The first-order valence-corrected chi connectivity index (χ1v) is 6.78. The van der Waals surface area contributed by atoms with Crippen molar-refractivity contribution in [3.8, 4) is 0 Å². The minimum Gasteiger partial charge on any atom is -0.271 e. The SMILES string of the molecule is CCCCCCC(Cc1ccccc1C)NN. The highest BCUT2D eigenvalue weighted by Gasteiger charge is 2.08. The summed E-state index contributed by atoms with van der Waals surface area (Å²) in [5, 5.41) is 0. The molecule has 1 unspecified atom stereocenters. The molecule has 1 rings (SSSR count). The Bertz CT molecular complexity index is 310. The maximum atomic E-state index is 5.64. The summed E-state index contributed by atoms with van der Waals surface area (Å²) in [5.74, 6) is 5.64. The molecule has 96 valence electrons. The largest absolute Gasteiger partial charge is 0.271 e. The van der Waals surface area contributed by atoms with Crippen LogP contribution >= 0.6 is 0 Å². The Hall–Kier alpha value is -0.860. The maximum Gasteiger partial charge on any atom is 0.0251 e. The fourth-order valence-electron chi connectivity index (χ4n) is 2.17. The quantitative estimate of drug-likeness (QED) is 0.411. The van der Waals surface area contributed by atoms with Gasteiger partial charge >= 0.3 is 0 Å². The summed E-state index contributed by atoms with van der Waals surface area (Å²) in [7, 11) is 0. The summed E-state index contributed by atoms with van der Waals surface area (Å²) < 4.78 is 0. The van der Waals surface area contributed by atoms with E-state index in [1.165, 1.54) is 43.2 Å². The lowest BCUT2D eigenvalue weighted by Gasteiger charge is -2.17. The van der Waals surface area contributed by atoms with Gasteiger partial charge in [0.25, 0.3) is 0 Å². The van der Waals surface area contributed by atoms with Gasteiger partial charge in [-0.05, 0) is 30.9 Å². The zero-order valence-corrected chi connectivity index (χ0v) is 11.2. The summed E-state index contributed by atoms with van der Waals surface area (Å²) in [6, 6.07) is 8.97. The molecule has 3 N–H and O–H groups in total. The Morgan fingerprint density at radius 2 is 1.94 bits per heavy atom. The van der Waals surface area contributed by atoms with E-state index in [9.17, 15) is 0 Å². The number of nitrogens with two attached hydrogens (primary N) is 1. The van der Waals surface area contributed by atoms with Crippen molar-refractivity contribution >= 4 is 0 Å². The predicted molar refractivity (Wildman–Crippen MR) is 74.8 cm³/mol. The second kappa shape index (κ2) is 8.26. The van der Waals surface area contributed by atoms with E-state index in [4.69, 9.17) is 5.84 Å². The summed E-state index contributed by atoms with van der Waals surface area (Å²) in [5.41, 5.74) is 5.73. The molecule has 0 fully saturated rings. The van der Waals surface area contributed by atoms with E-state index in [0.29, 0.717) is 6.04 Å². The van der Waals surface area contributed by atoms with Crippen molar-refractivity contribution in [2.24, 2.45) is 5.84 Å². The smallest absolute Gasteiger partial charge is 0.0251 e. The van der Waals surface area contributed by atoms with E-state index in [1.54, 1.807) is 0 Å². The van der Waals surface area contributed by atoms with Crippen molar-refractivity contribution < 1.29 is 0 Å². The molecule has 0 amide bonds. The standard InChI is InChI=1S/C15H26N2/c1-3-4-5-6-11-15(17-16)12-14-10-8-7-9-13(14)2/h7-10,15,17H,3-6,11-12,16H2,1-2H3. The van der Waals surface area contributed by atoms with Crippen molar-refractivity contribution in [1.29, 1.82) is 0 Å². The first-order chi connectivity index (χ1) is 8.27. The molecule has 2 heteroatoms. The van der Waals surface area contributed by atoms with Gasteiger partial charge in [0.1, 0.15) is 0 Å². The van der Waals surface area contributed by atoms with Crippen LogP contribution in [0.1, 0.15) is 50.2 Å². The molecule has 0 bridgehead atoms. The van der Waals surface area contributed by atoms with Crippen LogP contribution in [0, 0.1) is 6.92 Å². The van der Waals surface area contributed by atoms with Crippen LogP contribution in [-0.4, -0.2) is 6.04 Å². The van der Waals surface area contributed by atoms with Crippen LogP contribution in [0.5, 0.6) is 0 Å². The molecule has 0 aliphatic rings. The van der Waals surface area contributed by atoms with Gasteiger partial charge in [-0.25, -0.2) is 0 Å². The molecule has 0 aromatic heterocycles. The normalized spacial score (nSPS) is 12.6. The molecular weight excluding hydrogens is 208 g/mol. The van der Waals surface area contributed by atoms with Gasteiger partial charge in [-0.3, -0.25) is 11.3 Å². The first kappa shape index (κ1) is 14.2. The zero-order chi connectivity index (χ0) is 12.5. The second-order valence-electron chi connectivity index (χ2n) is 4.84. The molecule has 1 atom stereocenters. The first-order valence-electron chi connectivity index (χ1n) is 6.78. The van der Waals surface area contributed by atoms with E-state index < -0.39 is 0 Å². The van der Waals surface area contributed by atoms with Gasteiger partial charge in [-0.1, -0.05) is 56.9 Å². The molecule has 0 aliphatic heterocycles. The molecule has 17 heavy (non-hydrogen) atoms. The molecule has 2 nitrogen and oxygen atoms in total. The molecule has 0 aliphatic carbocycles. The Labute approximate surface area is 106 Å². The summed E-state index contributed by atoms with van der Waals surface area (Å²) >= 11 is 0. The topological polar surface area (TPSA) is 38.0 Å². The monoisotopic (exact) mass is 234 g/mol. The highest BCUT2D eigenvalue weighted by molar-refractivity contribution is 5.26. The van der Waals surface area contributed by atoms with Crippen LogP contribution in [0.15, 0.2) is 24.3 Å². The van der Waals surface area contributed by atoms with Crippen LogP contribution in [0.2, 0.25) is 0 Å². The molecule has 0 saturated heterocycles. The Balaban J connectivity index is 2.38. The van der Waals surface area contributed by atoms with Crippen molar-refractivity contribution in [1.82, 2.24) is 5.43 Å². The van der Waals surface area contributed by atoms with E-state index in [-0.39, 0.29) is 0 Å². The average molecular weight is 234 g/mol. The van der Waals surface area contributed by atoms with Crippen LogP contribution < -0.4 is 11.3 Å². The van der Waals surface area contributed by atoms with Crippen LogP contribution in [-0.2, 0) is 6.42 Å². The molecular formula is C15H26N2. The van der Waals surface area contributed by atoms with Crippen LogP contribution in [0.3, 0.4) is 0 Å². The minimum atomic E-state index is 0.410. The van der Waals surface area contributed by atoms with E-state index >= 15 is 0 Å². The molecule has 0 saturated carbocycles. The number of hydrazine groups is 1. The fraction of sp³-hybridized carbons (Fsp3) is 0.600. The van der Waals surface area contributed by atoms with Crippen LogP contribution in [0.25, 0.3) is 0 Å². The fourth-order valence-corrected chi connectivity index (χ4v) is 2.17. The maximum absolute atomic E-state index is 5.64. The van der Waals surface area contributed by atoms with Gasteiger partial charge in [0.2, 0.25) is 0 Å². The molecule has 0 spiro atoms. The van der Waals surface area contributed by atoms with Gasteiger partial charge in [-0.2, -0.15) is 0 Å². The number of benzene rings is 1. The van der Waals surface area contributed by atoms with Gasteiger partial charge in [0.05, 0.1) is 0 Å². The summed E-state index contributed by atoms with van der Waals surface area (Å²) in [4.78, 5) is 0. The Kier molecular flexibility index (Phi) is 6.90. The zero-order valence-electron chi connectivity index (χ0n) is 11.2. The Morgan fingerprint density at radius 3 is 2.59 bits per heavy atom. The highest BCUT2D eigenvalue weighted by atomic mass is 15.2. The van der Waals surface area contributed by atoms with Gasteiger partial charge in [0, 0.05) is 6.04 Å². The van der Waals surface area contributed by atoms with Crippen molar-refractivity contribution in [2.75, 3.05) is 0 Å². The van der Waals surface area contributed by atoms with E-state index in [0.717, 1.165) is 6.42 Å². The van der Waals surface area contributed by atoms with Gasteiger partial charge in [-0.15, -0.1) is 0 Å². The third kappa shape index (κ3) is 5.33. The number of unbranched alkanes of at least 4 members (excludes halogenated alkanes) is 3. The number of hydrogen-bond donors (Lipinski definition) is 2. The third-order valence-electron chi connectivity index (χ3n) is 3.37. The van der Waals surface area contributed by atoms with Gasteiger partial charge < -0.3 is 0 Å². The van der Waals surface area contributed by atoms with Crippen molar-refractivity contribution in [2.45, 2.75) is 58.4 Å². The number of rotatable bonds is 8. The number of hydrogen-bond acceptors (Lipinski definition) is 2.